The maximum Gasteiger partial charge on any atom is 0.242 e. The summed E-state index contributed by atoms with van der Waals surface area (Å²) in [4.78, 5) is 11.6. The maximum atomic E-state index is 13.1. The van der Waals surface area contributed by atoms with Crippen molar-refractivity contribution in [1.29, 1.82) is 0 Å². The van der Waals surface area contributed by atoms with Gasteiger partial charge in [-0.2, -0.15) is 0 Å². The summed E-state index contributed by atoms with van der Waals surface area (Å²) in [5.74, 6) is -0.539. The Morgan fingerprint density at radius 2 is 2.18 bits per heavy atom. The minimum absolute atomic E-state index is 0.116. The molecule has 1 unspecified atom stereocenters. The Labute approximate surface area is 100 Å². The summed E-state index contributed by atoms with van der Waals surface area (Å²) in [6.45, 7) is 4.33. The Bertz CT molecular complexity index is 375. The van der Waals surface area contributed by atoms with Crippen molar-refractivity contribution in [3.63, 3.8) is 0 Å². The molecule has 0 aliphatic rings. The number of carbonyl (C=O) groups excluding carboxylic acids is 1. The number of amides is 1. The Morgan fingerprint density at radius 3 is 2.76 bits per heavy atom. The Kier molecular flexibility index (Phi) is 4.75. The summed E-state index contributed by atoms with van der Waals surface area (Å²) in [7, 11) is 0. The van der Waals surface area contributed by atoms with E-state index in [0.717, 1.165) is 6.42 Å². The zero-order chi connectivity index (χ0) is 12.8. The number of rotatable bonds is 5. The Hall–Kier alpha value is -1.78. The third-order valence-corrected chi connectivity index (χ3v) is 2.25. The molecule has 0 bridgehead atoms. The van der Waals surface area contributed by atoms with Crippen molar-refractivity contribution in [2.75, 3.05) is 17.6 Å². The van der Waals surface area contributed by atoms with Gasteiger partial charge in [0.2, 0.25) is 5.91 Å². The van der Waals surface area contributed by atoms with Crippen LogP contribution in [0, 0.1) is 5.82 Å². The van der Waals surface area contributed by atoms with E-state index >= 15 is 0 Å². The SMILES string of the molecule is CCCNC(=O)C(C)Nc1cc(N)cc(F)c1. The lowest BCUT2D eigenvalue weighted by molar-refractivity contribution is -0.121. The molecule has 0 aromatic heterocycles. The number of nitrogens with one attached hydrogen (secondary N) is 2. The van der Waals surface area contributed by atoms with Gasteiger partial charge in [0.05, 0.1) is 0 Å². The van der Waals surface area contributed by atoms with Crippen LogP contribution in [-0.2, 0) is 4.79 Å². The first kappa shape index (κ1) is 13.3. The summed E-state index contributed by atoms with van der Waals surface area (Å²) in [5.41, 5.74) is 6.34. The molecule has 4 nitrogen and oxygen atoms in total. The topological polar surface area (TPSA) is 67.2 Å². The number of nitrogen functional groups attached to an aromatic ring is 1. The maximum absolute atomic E-state index is 13.1. The predicted molar refractivity (Wildman–Crippen MR) is 67.2 cm³/mol. The summed E-state index contributed by atoms with van der Waals surface area (Å²) in [6.07, 6.45) is 0.880. The first-order valence-corrected chi connectivity index (χ1v) is 5.63. The van der Waals surface area contributed by atoms with E-state index in [0.29, 0.717) is 17.9 Å². The van der Waals surface area contributed by atoms with E-state index in [1.165, 1.54) is 12.1 Å². The quantitative estimate of drug-likeness (QED) is 0.685. The zero-order valence-corrected chi connectivity index (χ0v) is 10.1. The molecule has 94 valence electrons. The largest absolute Gasteiger partial charge is 0.399 e. The van der Waals surface area contributed by atoms with Crippen LogP contribution in [-0.4, -0.2) is 18.5 Å². The lowest BCUT2D eigenvalue weighted by Crippen LogP contribution is -2.37. The molecule has 0 fully saturated rings. The number of carbonyl (C=O) groups is 1. The normalized spacial score (nSPS) is 11.9. The second-order valence-corrected chi connectivity index (χ2v) is 3.93. The number of hydrogen-bond acceptors (Lipinski definition) is 3. The van der Waals surface area contributed by atoms with E-state index in [4.69, 9.17) is 5.73 Å². The zero-order valence-electron chi connectivity index (χ0n) is 10.1. The molecule has 1 aromatic carbocycles. The molecule has 5 heteroatoms. The summed E-state index contributed by atoms with van der Waals surface area (Å²) < 4.78 is 13.1. The highest BCUT2D eigenvalue weighted by Gasteiger charge is 2.12. The van der Waals surface area contributed by atoms with Gasteiger partial charge < -0.3 is 16.4 Å². The minimum atomic E-state index is -0.428. The van der Waals surface area contributed by atoms with E-state index in [-0.39, 0.29) is 5.91 Å². The highest BCUT2D eigenvalue weighted by atomic mass is 19.1. The number of anilines is 2. The van der Waals surface area contributed by atoms with Crippen LogP contribution in [0.3, 0.4) is 0 Å². The molecule has 0 saturated heterocycles. The molecule has 0 aliphatic carbocycles. The molecule has 0 saturated carbocycles. The highest BCUT2D eigenvalue weighted by Crippen LogP contribution is 2.16. The molecule has 1 amide bonds. The van der Waals surface area contributed by atoms with Crippen molar-refractivity contribution in [1.82, 2.24) is 5.32 Å². The molecule has 0 spiro atoms. The Morgan fingerprint density at radius 1 is 1.47 bits per heavy atom. The number of hydrogen-bond donors (Lipinski definition) is 3. The van der Waals surface area contributed by atoms with Crippen LogP contribution in [0.2, 0.25) is 0 Å². The molecular weight excluding hydrogens is 221 g/mol. The molecule has 17 heavy (non-hydrogen) atoms. The summed E-state index contributed by atoms with van der Waals surface area (Å²) >= 11 is 0. The fourth-order valence-electron chi connectivity index (χ4n) is 1.41. The van der Waals surface area contributed by atoms with E-state index in [9.17, 15) is 9.18 Å². The predicted octanol–water partition coefficient (Wildman–Crippen LogP) is 1.73. The van der Waals surface area contributed by atoms with Crippen molar-refractivity contribution < 1.29 is 9.18 Å². The van der Waals surface area contributed by atoms with Crippen molar-refractivity contribution in [2.45, 2.75) is 26.3 Å². The lowest BCUT2D eigenvalue weighted by Gasteiger charge is -2.15. The standard InChI is InChI=1S/C12H18FN3O/c1-3-4-15-12(17)8(2)16-11-6-9(13)5-10(14)7-11/h5-8,16H,3-4,14H2,1-2H3,(H,15,17). The van der Waals surface area contributed by atoms with E-state index in [1.54, 1.807) is 13.0 Å². The van der Waals surface area contributed by atoms with Gasteiger partial charge in [0.15, 0.2) is 0 Å². The molecule has 0 aliphatic heterocycles. The second-order valence-electron chi connectivity index (χ2n) is 3.93. The van der Waals surface area contributed by atoms with E-state index in [2.05, 4.69) is 10.6 Å². The van der Waals surface area contributed by atoms with Crippen LogP contribution in [0.5, 0.6) is 0 Å². The molecular formula is C12H18FN3O. The first-order valence-electron chi connectivity index (χ1n) is 5.63. The third kappa shape index (κ3) is 4.30. The average Bonchev–Trinajstić information content (AvgIpc) is 2.24. The minimum Gasteiger partial charge on any atom is -0.399 e. The van der Waals surface area contributed by atoms with Gasteiger partial charge in [0.25, 0.3) is 0 Å². The number of halogens is 1. The van der Waals surface area contributed by atoms with Crippen LogP contribution in [0.4, 0.5) is 15.8 Å². The molecule has 0 heterocycles. The first-order chi connectivity index (χ1) is 8.02. The molecule has 0 radical (unpaired) electrons. The van der Waals surface area contributed by atoms with Gasteiger partial charge >= 0.3 is 0 Å². The molecule has 1 aromatic rings. The van der Waals surface area contributed by atoms with Gasteiger partial charge in [-0.25, -0.2) is 4.39 Å². The highest BCUT2D eigenvalue weighted by molar-refractivity contribution is 5.84. The van der Waals surface area contributed by atoms with Gasteiger partial charge in [-0.15, -0.1) is 0 Å². The Balaban J connectivity index is 2.60. The second kappa shape index (κ2) is 6.08. The fourth-order valence-corrected chi connectivity index (χ4v) is 1.41. The smallest absolute Gasteiger partial charge is 0.242 e. The van der Waals surface area contributed by atoms with Crippen LogP contribution >= 0.6 is 0 Å². The molecule has 4 N–H and O–H groups in total. The van der Waals surface area contributed by atoms with Crippen molar-refractivity contribution in [3.8, 4) is 0 Å². The van der Waals surface area contributed by atoms with E-state index < -0.39 is 11.9 Å². The van der Waals surface area contributed by atoms with Crippen molar-refractivity contribution in [2.24, 2.45) is 0 Å². The monoisotopic (exact) mass is 239 g/mol. The average molecular weight is 239 g/mol. The summed E-state index contributed by atoms with van der Waals surface area (Å²) in [5, 5.41) is 5.66. The number of benzene rings is 1. The van der Waals surface area contributed by atoms with Crippen LogP contribution < -0.4 is 16.4 Å². The summed E-state index contributed by atoms with van der Waals surface area (Å²) in [6, 6.07) is 3.70. The van der Waals surface area contributed by atoms with Gasteiger partial charge in [-0.3, -0.25) is 4.79 Å². The van der Waals surface area contributed by atoms with Crippen molar-refractivity contribution >= 4 is 17.3 Å². The van der Waals surface area contributed by atoms with Gasteiger partial charge in [-0.1, -0.05) is 6.92 Å². The van der Waals surface area contributed by atoms with Crippen LogP contribution in [0.1, 0.15) is 20.3 Å². The van der Waals surface area contributed by atoms with Gasteiger partial charge in [0.1, 0.15) is 11.9 Å². The fraction of sp³-hybridized carbons (Fsp3) is 0.417. The molecule has 1 atom stereocenters. The van der Waals surface area contributed by atoms with Crippen LogP contribution in [0.25, 0.3) is 0 Å². The van der Waals surface area contributed by atoms with E-state index in [1.807, 2.05) is 6.92 Å². The van der Waals surface area contributed by atoms with Crippen molar-refractivity contribution in [3.05, 3.63) is 24.0 Å². The van der Waals surface area contributed by atoms with Gasteiger partial charge in [-0.05, 0) is 31.5 Å². The lowest BCUT2D eigenvalue weighted by atomic mass is 10.2. The van der Waals surface area contributed by atoms with Crippen LogP contribution in [0.15, 0.2) is 18.2 Å². The molecule has 1 rings (SSSR count). The third-order valence-electron chi connectivity index (χ3n) is 2.25. The number of nitrogens with two attached hydrogens (primary N) is 1. The van der Waals surface area contributed by atoms with Gasteiger partial charge in [0, 0.05) is 17.9 Å².